The van der Waals surface area contributed by atoms with Crippen LogP contribution < -0.4 is 5.32 Å². The topological polar surface area (TPSA) is 89.8 Å². The highest BCUT2D eigenvalue weighted by atomic mass is 16.4. The fourth-order valence-corrected chi connectivity index (χ4v) is 1.89. The molecule has 80 valence electrons. The molecule has 0 aromatic carbocycles. The highest BCUT2D eigenvalue weighted by Crippen LogP contribution is 2.22. The van der Waals surface area contributed by atoms with Gasteiger partial charge in [-0.1, -0.05) is 6.42 Å². The van der Waals surface area contributed by atoms with Crippen LogP contribution in [0.1, 0.15) is 12.8 Å². The van der Waals surface area contributed by atoms with Crippen LogP contribution in [0.25, 0.3) is 0 Å². The van der Waals surface area contributed by atoms with Crippen LogP contribution in [-0.4, -0.2) is 41.3 Å². The Morgan fingerprint density at radius 1 is 1.43 bits per heavy atom. The van der Waals surface area contributed by atoms with Gasteiger partial charge in [0.25, 0.3) is 0 Å². The molecule has 1 saturated heterocycles. The Balaban J connectivity index is 2.26. The van der Waals surface area contributed by atoms with Crippen molar-refractivity contribution in [2.75, 3.05) is 13.1 Å². The summed E-state index contributed by atoms with van der Waals surface area (Å²) in [5, 5.41) is 29.1. The zero-order valence-electron chi connectivity index (χ0n) is 8.02. The molecule has 1 fully saturated rings. The van der Waals surface area contributed by atoms with Crippen LogP contribution in [0.5, 0.6) is 0 Å². The van der Waals surface area contributed by atoms with E-state index < -0.39 is 13.1 Å². The molecule has 0 aliphatic carbocycles. The van der Waals surface area contributed by atoms with Crippen molar-refractivity contribution < 1.29 is 19.9 Å². The second-order valence-corrected chi connectivity index (χ2v) is 3.77. The Kier molecular flexibility index (Phi) is 4.38. The zero-order chi connectivity index (χ0) is 10.6. The van der Waals surface area contributed by atoms with Crippen LogP contribution in [0.15, 0.2) is 0 Å². The molecule has 2 atom stereocenters. The van der Waals surface area contributed by atoms with Crippen molar-refractivity contribution >= 4 is 13.1 Å². The molecule has 0 radical (unpaired) electrons. The number of aliphatic carboxylic acids is 1. The lowest BCUT2D eigenvalue weighted by Gasteiger charge is -2.13. The summed E-state index contributed by atoms with van der Waals surface area (Å²) in [5.74, 6) is -0.943. The Labute approximate surface area is 83.3 Å². The van der Waals surface area contributed by atoms with Gasteiger partial charge in [0, 0.05) is 6.54 Å². The van der Waals surface area contributed by atoms with E-state index in [0.29, 0.717) is 19.3 Å². The predicted molar refractivity (Wildman–Crippen MR) is 51.7 cm³/mol. The third-order valence-corrected chi connectivity index (χ3v) is 2.69. The molecular weight excluding hydrogens is 185 g/mol. The van der Waals surface area contributed by atoms with Gasteiger partial charge in [0.15, 0.2) is 0 Å². The minimum absolute atomic E-state index is 0.131. The van der Waals surface area contributed by atoms with E-state index in [2.05, 4.69) is 5.32 Å². The van der Waals surface area contributed by atoms with E-state index >= 15 is 0 Å². The van der Waals surface area contributed by atoms with Gasteiger partial charge in [-0.25, -0.2) is 0 Å². The molecule has 1 rings (SSSR count). The van der Waals surface area contributed by atoms with Gasteiger partial charge in [-0.15, -0.1) is 0 Å². The summed E-state index contributed by atoms with van der Waals surface area (Å²) in [6.45, 7) is 1.25. The van der Waals surface area contributed by atoms with Crippen molar-refractivity contribution in [3.63, 3.8) is 0 Å². The van der Waals surface area contributed by atoms with Crippen LogP contribution in [0, 0.1) is 11.8 Å². The molecule has 0 amide bonds. The molecule has 6 heteroatoms. The molecule has 1 heterocycles. The lowest BCUT2D eigenvalue weighted by atomic mass is 9.80. The van der Waals surface area contributed by atoms with E-state index in [1.807, 2.05) is 0 Å². The number of rotatable bonds is 5. The maximum absolute atomic E-state index is 10.8. The first-order valence-corrected chi connectivity index (χ1v) is 4.91. The summed E-state index contributed by atoms with van der Waals surface area (Å²) in [4.78, 5) is 10.8. The molecule has 14 heavy (non-hydrogen) atoms. The quantitative estimate of drug-likeness (QED) is 0.435. The molecule has 1 aliphatic heterocycles. The fourth-order valence-electron chi connectivity index (χ4n) is 1.89. The van der Waals surface area contributed by atoms with Crippen molar-refractivity contribution in [1.29, 1.82) is 0 Å². The van der Waals surface area contributed by atoms with Crippen LogP contribution in [0.3, 0.4) is 0 Å². The average Bonchev–Trinajstić information content (AvgIpc) is 2.51. The van der Waals surface area contributed by atoms with Crippen molar-refractivity contribution in [1.82, 2.24) is 5.32 Å². The second kappa shape index (κ2) is 5.33. The molecule has 5 nitrogen and oxygen atoms in total. The van der Waals surface area contributed by atoms with Crippen LogP contribution in [-0.2, 0) is 4.79 Å². The highest BCUT2D eigenvalue weighted by molar-refractivity contribution is 6.40. The first-order chi connectivity index (χ1) is 6.61. The van der Waals surface area contributed by atoms with E-state index in [0.717, 1.165) is 13.0 Å². The molecule has 1 unspecified atom stereocenters. The van der Waals surface area contributed by atoms with Gasteiger partial charge in [0.05, 0.1) is 5.92 Å². The maximum atomic E-state index is 10.8. The van der Waals surface area contributed by atoms with Crippen molar-refractivity contribution in [3.8, 4) is 0 Å². The normalized spacial score (nSPS) is 26.4. The minimum atomic E-state index is -1.27. The fraction of sp³-hybridized carbons (Fsp3) is 0.875. The molecule has 1 aliphatic rings. The number of carboxylic acids is 1. The Bertz CT molecular complexity index is 200. The Hall–Kier alpha value is -0.585. The van der Waals surface area contributed by atoms with E-state index in [9.17, 15) is 4.79 Å². The predicted octanol–water partition coefficient (Wildman–Crippen LogP) is -0.840. The third-order valence-electron chi connectivity index (χ3n) is 2.69. The molecular formula is C8H16BNO4. The van der Waals surface area contributed by atoms with Crippen molar-refractivity contribution in [2.24, 2.45) is 11.8 Å². The summed E-state index contributed by atoms with van der Waals surface area (Å²) in [6.07, 6.45) is 1.72. The summed E-state index contributed by atoms with van der Waals surface area (Å²) in [7, 11) is -1.27. The molecule has 0 saturated carbocycles. The maximum Gasteiger partial charge on any atom is 0.451 e. The summed E-state index contributed by atoms with van der Waals surface area (Å²) < 4.78 is 0. The van der Waals surface area contributed by atoms with E-state index in [4.69, 9.17) is 15.2 Å². The second-order valence-electron chi connectivity index (χ2n) is 3.77. The first kappa shape index (κ1) is 11.5. The number of hydrogen-bond donors (Lipinski definition) is 4. The molecule has 0 aromatic rings. The largest absolute Gasteiger partial charge is 0.481 e. The van der Waals surface area contributed by atoms with Gasteiger partial charge in [0.2, 0.25) is 0 Å². The Morgan fingerprint density at radius 3 is 2.71 bits per heavy atom. The molecule has 0 spiro atoms. The Morgan fingerprint density at radius 2 is 2.14 bits per heavy atom. The lowest BCUT2D eigenvalue weighted by Crippen LogP contribution is -2.22. The average molecular weight is 201 g/mol. The SMILES string of the molecule is O=C(O)[C@@H]1CNCC1CCCB(O)O. The summed E-state index contributed by atoms with van der Waals surface area (Å²) >= 11 is 0. The summed E-state index contributed by atoms with van der Waals surface area (Å²) in [5.41, 5.74) is 0. The first-order valence-electron chi connectivity index (χ1n) is 4.91. The standard InChI is InChI=1S/C8H16BNO4/c11-8(12)7-5-10-4-6(7)2-1-3-9(13)14/h6-7,10,13-14H,1-5H2,(H,11,12)/t6?,7-/m1/s1. The van der Waals surface area contributed by atoms with Gasteiger partial charge in [-0.3, -0.25) is 4.79 Å². The van der Waals surface area contributed by atoms with Crippen molar-refractivity contribution in [2.45, 2.75) is 19.2 Å². The monoisotopic (exact) mass is 201 g/mol. The number of hydrogen-bond acceptors (Lipinski definition) is 4. The van der Waals surface area contributed by atoms with Crippen LogP contribution in [0.2, 0.25) is 6.32 Å². The highest BCUT2D eigenvalue weighted by Gasteiger charge is 2.32. The lowest BCUT2D eigenvalue weighted by molar-refractivity contribution is -0.142. The molecule has 4 N–H and O–H groups in total. The third kappa shape index (κ3) is 3.28. The number of nitrogens with one attached hydrogen (secondary N) is 1. The van der Waals surface area contributed by atoms with Gasteiger partial charge in [0.1, 0.15) is 0 Å². The van der Waals surface area contributed by atoms with Gasteiger partial charge >= 0.3 is 13.1 Å². The molecule has 0 aromatic heterocycles. The summed E-state index contributed by atoms with van der Waals surface area (Å²) in [6, 6.07) is 0. The smallest absolute Gasteiger partial charge is 0.451 e. The van der Waals surface area contributed by atoms with Gasteiger partial charge in [-0.05, 0) is 25.2 Å². The zero-order valence-corrected chi connectivity index (χ0v) is 8.02. The number of carboxylic acid groups (broad SMARTS) is 1. The van der Waals surface area contributed by atoms with Crippen LogP contribution in [0.4, 0.5) is 0 Å². The minimum Gasteiger partial charge on any atom is -0.481 e. The van der Waals surface area contributed by atoms with Crippen molar-refractivity contribution in [3.05, 3.63) is 0 Å². The van der Waals surface area contributed by atoms with E-state index in [-0.39, 0.29) is 11.8 Å². The molecule has 0 bridgehead atoms. The van der Waals surface area contributed by atoms with E-state index in [1.165, 1.54) is 0 Å². The van der Waals surface area contributed by atoms with Gasteiger partial charge < -0.3 is 20.5 Å². The van der Waals surface area contributed by atoms with Gasteiger partial charge in [-0.2, -0.15) is 0 Å². The van der Waals surface area contributed by atoms with Crippen LogP contribution >= 0.6 is 0 Å². The van der Waals surface area contributed by atoms with E-state index in [1.54, 1.807) is 0 Å². The number of carbonyl (C=O) groups is 1.